The molecule has 2 aromatic rings. The number of anilines is 1. The fraction of sp³-hybridized carbons (Fsp3) is 0.200. The summed E-state index contributed by atoms with van der Waals surface area (Å²) >= 11 is 6.98. The standard InChI is InChI=1S/C15H15Br2NO/c1-2-19-13-5-3-4-12(9-13)18-10-11-6-7-14(16)15(17)8-11/h3-9,18H,2,10H2,1H3. The van der Waals surface area contributed by atoms with E-state index >= 15 is 0 Å². The van der Waals surface area contributed by atoms with Crippen molar-refractivity contribution in [3.05, 3.63) is 57.0 Å². The zero-order valence-corrected chi connectivity index (χ0v) is 13.8. The number of benzene rings is 2. The third-order valence-corrected chi connectivity index (χ3v) is 4.51. The van der Waals surface area contributed by atoms with Crippen molar-refractivity contribution in [1.82, 2.24) is 0 Å². The van der Waals surface area contributed by atoms with Crippen molar-refractivity contribution in [3.63, 3.8) is 0 Å². The second kappa shape index (κ2) is 6.96. The highest BCUT2D eigenvalue weighted by Crippen LogP contribution is 2.24. The molecule has 0 aliphatic carbocycles. The Morgan fingerprint density at radius 1 is 1.05 bits per heavy atom. The molecule has 0 atom stereocenters. The highest BCUT2D eigenvalue weighted by molar-refractivity contribution is 9.13. The summed E-state index contributed by atoms with van der Waals surface area (Å²) in [6.07, 6.45) is 0. The Morgan fingerprint density at radius 3 is 2.63 bits per heavy atom. The van der Waals surface area contributed by atoms with Crippen LogP contribution in [-0.4, -0.2) is 6.61 Å². The Bertz CT molecular complexity index is 558. The molecule has 0 radical (unpaired) electrons. The summed E-state index contributed by atoms with van der Waals surface area (Å²) in [5, 5.41) is 3.39. The van der Waals surface area contributed by atoms with E-state index < -0.39 is 0 Å². The van der Waals surface area contributed by atoms with Gasteiger partial charge in [0.2, 0.25) is 0 Å². The van der Waals surface area contributed by atoms with Crippen LogP contribution in [0.25, 0.3) is 0 Å². The maximum Gasteiger partial charge on any atom is 0.121 e. The zero-order valence-electron chi connectivity index (χ0n) is 10.6. The second-order valence-corrected chi connectivity index (χ2v) is 5.77. The molecule has 0 amide bonds. The lowest BCUT2D eigenvalue weighted by atomic mass is 10.2. The van der Waals surface area contributed by atoms with E-state index in [0.29, 0.717) is 6.61 Å². The third-order valence-electron chi connectivity index (χ3n) is 2.63. The highest BCUT2D eigenvalue weighted by Gasteiger charge is 2.00. The van der Waals surface area contributed by atoms with Gasteiger partial charge in [-0.05, 0) is 68.6 Å². The van der Waals surface area contributed by atoms with Gasteiger partial charge in [-0.15, -0.1) is 0 Å². The predicted octanol–water partition coefficient (Wildman–Crippen LogP) is 5.22. The molecule has 0 fully saturated rings. The second-order valence-electron chi connectivity index (χ2n) is 4.06. The van der Waals surface area contributed by atoms with Crippen LogP contribution in [0, 0.1) is 0 Å². The molecule has 2 aromatic carbocycles. The lowest BCUT2D eigenvalue weighted by Crippen LogP contribution is -2.00. The summed E-state index contributed by atoms with van der Waals surface area (Å²) in [4.78, 5) is 0. The van der Waals surface area contributed by atoms with E-state index in [2.05, 4.69) is 49.3 Å². The Kier molecular flexibility index (Phi) is 5.28. The topological polar surface area (TPSA) is 21.3 Å². The molecule has 2 rings (SSSR count). The van der Waals surface area contributed by atoms with Crippen LogP contribution in [0.3, 0.4) is 0 Å². The van der Waals surface area contributed by atoms with Gasteiger partial charge >= 0.3 is 0 Å². The lowest BCUT2D eigenvalue weighted by Gasteiger charge is -2.09. The fourth-order valence-electron chi connectivity index (χ4n) is 1.72. The summed E-state index contributed by atoms with van der Waals surface area (Å²) in [5.41, 5.74) is 2.28. The molecule has 2 nitrogen and oxygen atoms in total. The first-order valence-electron chi connectivity index (χ1n) is 6.09. The number of rotatable bonds is 5. The number of ether oxygens (including phenoxy) is 1. The van der Waals surface area contributed by atoms with Gasteiger partial charge in [0, 0.05) is 27.2 Å². The molecule has 0 saturated carbocycles. The molecule has 0 aliphatic rings. The third kappa shape index (κ3) is 4.25. The van der Waals surface area contributed by atoms with Crippen molar-refractivity contribution in [2.75, 3.05) is 11.9 Å². The molecule has 1 N–H and O–H groups in total. The minimum absolute atomic E-state index is 0.684. The van der Waals surface area contributed by atoms with Crippen LogP contribution < -0.4 is 10.1 Å². The highest BCUT2D eigenvalue weighted by atomic mass is 79.9. The first-order chi connectivity index (χ1) is 9.19. The predicted molar refractivity (Wildman–Crippen MR) is 86.8 cm³/mol. The van der Waals surface area contributed by atoms with E-state index in [1.165, 1.54) is 5.56 Å². The summed E-state index contributed by atoms with van der Waals surface area (Å²) in [5.74, 6) is 0.893. The van der Waals surface area contributed by atoms with E-state index in [1.54, 1.807) is 0 Å². The maximum absolute atomic E-state index is 5.48. The molecule has 0 bridgehead atoms. The maximum atomic E-state index is 5.48. The molecule has 0 heterocycles. The minimum Gasteiger partial charge on any atom is -0.494 e. The normalized spacial score (nSPS) is 10.3. The van der Waals surface area contributed by atoms with Crippen LogP contribution in [0.15, 0.2) is 51.4 Å². The SMILES string of the molecule is CCOc1cccc(NCc2ccc(Br)c(Br)c2)c1. The van der Waals surface area contributed by atoms with E-state index in [1.807, 2.05) is 37.3 Å². The Labute approximate surface area is 130 Å². The van der Waals surface area contributed by atoms with Crippen LogP contribution in [0.5, 0.6) is 5.75 Å². The van der Waals surface area contributed by atoms with Crippen molar-refractivity contribution >= 4 is 37.5 Å². The van der Waals surface area contributed by atoms with E-state index in [9.17, 15) is 0 Å². The Morgan fingerprint density at radius 2 is 1.89 bits per heavy atom. The van der Waals surface area contributed by atoms with Crippen LogP contribution in [0.4, 0.5) is 5.69 Å². The largest absolute Gasteiger partial charge is 0.494 e. The van der Waals surface area contributed by atoms with Crippen LogP contribution >= 0.6 is 31.9 Å². The first-order valence-corrected chi connectivity index (χ1v) is 7.68. The summed E-state index contributed by atoms with van der Waals surface area (Å²) < 4.78 is 7.61. The molecule has 0 aromatic heterocycles. The zero-order chi connectivity index (χ0) is 13.7. The van der Waals surface area contributed by atoms with Gasteiger partial charge in [-0.3, -0.25) is 0 Å². The van der Waals surface area contributed by atoms with Crippen molar-refractivity contribution in [2.45, 2.75) is 13.5 Å². The number of hydrogen-bond acceptors (Lipinski definition) is 2. The summed E-state index contributed by atoms with van der Waals surface area (Å²) in [6, 6.07) is 14.2. The molecular formula is C15H15Br2NO. The van der Waals surface area contributed by atoms with E-state index in [-0.39, 0.29) is 0 Å². The number of nitrogens with one attached hydrogen (secondary N) is 1. The van der Waals surface area contributed by atoms with Gasteiger partial charge in [-0.25, -0.2) is 0 Å². The Hall–Kier alpha value is -1.000. The smallest absolute Gasteiger partial charge is 0.121 e. The molecule has 100 valence electrons. The first kappa shape index (κ1) is 14.4. The number of hydrogen-bond donors (Lipinski definition) is 1. The molecule has 0 spiro atoms. The van der Waals surface area contributed by atoms with Crippen molar-refractivity contribution in [1.29, 1.82) is 0 Å². The minimum atomic E-state index is 0.684. The number of halogens is 2. The summed E-state index contributed by atoms with van der Waals surface area (Å²) in [7, 11) is 0. The van der Waals surface area contributed by atoms with Gasteiger partial charge in [0.25, 0.3) is 0 Å². The van der Waals surface area contributed by atoms with Gasteiger partial charge in [0.1, 0.15) is 5.75 Å². The van der Waals surface area contributed by atoms with Crippen LogP contribution in [-0.2, 0) is 6.54 Å². The van der Waals surface area contributed by atoms with Gasteiger partial charge in [-0.1, -0.05) is 12.1 Å². The molecule has 0 unspecified atom stereocenters. The average Bonchev–Trinajstić information content (AvgIpc) is 2.41. The quantitative estimate of drug-likeness (QED) is 0.762. The molecule has 19 heavy (non-hydrogen) atoms. The van der Waals surface area contributed by atoms with Crippen LogP contribution in [0.1, 0.15) is 12.5 Å². The van der Waals surface area contributed by atoms with Crippen LogP contribution in [0.2, 0.25) is 0 Å². The summed E-state index contributed by atoms with van der Waals surface area (Å²) in [6.45, 7) is 3.45. The van der Waals surface area contributed by atoms with E-state index in [4.69, 9.17) is 4.74 Å². The van der Waals surface area contributed by atoms with Crippen molar-refractivity contribution in [3.8, 4) is 5.75 Å². The molecule has 0 aliphatic heterocycles. The van der Waals surface area contributed by atoms with Gasteiger partial charge in [-0.2, -0.15) is 0 Å². The molecule has 4 heteroatoms. The average molecular weight is 385 g/mol. The monoisotopic (exact) mass is 383 g/mol. The van der Waals surface area contributed by atoms with Crippen molar-refractivity contribution in [2.24, 2.45) is 0 Å². The molecule has 0 saturated heterocycles. The van der Waals surface area contributed by atoms with Gasteiger partial charge < -0.3 is 10.1 Å². The fourth-order valence-corrected chi connectivity index (χ4v) is 2.39. The van der Waals surface area contributed by atoms with Crippen molar-refractivity contribution < 1.29 is 4.74 Å². The lowest BCUT2D eigenvalue weighted by molar-refractivity contribution is 0.340. The Balaban J connectivity index is 2.01. The van der Waals surface area contributed by atoms with Gasteiger partial charge in [0.05, 0.1) is 6.61 Å². The molecular weight excluding hydrogens is 370 g/mol. The van der Waals surface area contributed by atoms with E-state index in [0.717, 1.165) is 26.9 Å². The van der Waals surface area contributed by atoms with Gasteiger partial charge in [0.15, 0.2) is 0 Å².